The van der Waals surface area contributed by atoms with E-state index >= 15 is 0 Å². The first-order valence-corrected chi connectivity index (χ1v) is 8.27. The van der Waals surface area contributed by atoms with Gasteiger partial charge in [-0.3, -0.25) is 9.59 Å². The Balaban J connectivity index is 1.88. The van der Waals surface area contributed by atoms with Crippen LogP contribution in [0.1, 0.15) is 27.0 Å². The van der Waals surface area contributed by atoms with Crippen molar-refractivity contribution in [3.63, 3.8) is 0 Å². The Morgan fingerprint density at radius 2 is 1.69 bits per heavy atom. The van der Waals surface area contributed by atoms with Gasteiger partial charge in [0, 0.05) is 23.5 Å². The summed E-state index contributed by atoms with van der Waals surface area (Å²) >= 11 is 0. The molecular weight excluding hydrogens is 331 g/mol. The molecule has 26 heavy (non-hydrogen) atoms. The van der Waals surface area contributed by atoms with Gasteiger partial charge < -0.3 is 9.88 Å². The van der Waals surface area contributed by atoms with E-state index in [-0.39, 0.29) is 23.8 Å². The number of halogens is 1. The maximum atomic E-state index is 13.8. The highest BCUT2D eigenvalue weighted by atomic mass is 19.1. The molecule has 3 aromatic rings. The third-order valence-corrected chi connectivity index (χ3v) is 4.26. The first kappa shape index (κ1) is 17.6. The van der Waals surface area contributed by atoms with Crippen LogP contribution >= 0.6 is 0 Å². The van der Waals surface area contributed by atoms with Crippen LogP contribution in [0.4, 0.5) is 10.1 Å². The number of anilines is 1. The van der Waals surface area contributed by atoms with Crippen molar-refractivity contribution in [2.75, 3.05) is 5.32 Å². The normalized spacial score (nSPS) is 10.6. The molecule has 1 N–H and O–H groups in total. The van der Waals surface area contributed by atoms with E-state index in [0.29, 0.717) is 11.1 Å². The number of nitrogens with zero attached hydrogens (tertiary/aromatic N) is 1. The van der Waals surface area contributed by atoms with E-state index < -0.39 is 0 Å². The minimum Gasteiger partial charge on any atom is -0.321 e. The van der Waals surface area contributed by atoms with Crippen molar-refractivity contribution >= 4 is 11.6 Å². The summed E-state index contributed by atoms with van der Waals surface area (Å²) in [5, 5.41) is 2.89. The van der Waals surface area contributed by atoms with E-state index in [1.54, 1.807) is 18.2 Å². The molecule has 0 saturated heterocycles. The minimum atomic E-state index is -0.384. The molecule has 5 heteroatoms. The molecule has 4 nitrogen and oxygen atoms in total. The summed E-state index contributed by atoms with van der Waals surface area (Å²) in [7, 11) is 0. The molecule has 0 aliphatic rings. The fraction of sp³-hybridized carbons (Fsp3) is 0.143. The van der Waals surface area contributed by atoms with E-state index in [9.17, 15) is 14.0 Å². The summed E-state index contributed by atoms with van der Waals surface area (Å²) in [4.78, 5) is 24.7. The number of carbonyl (C=O) groups is 1. The van der Waals surface area contributed by atoms with Crippen LogP contribution < -0.4 is 10.9 Å². The number of nitrogens with one attached hydrogen (secondary N) is 1. The largest absolute Gasteiger partial charge is 0.321 e. The zero-order chi connectivity index (χ0) is 18.7. The van der Waals surface area contributed by atoms with Gasteiger partial charge in [-0.05, 0) is 37.1 Å². The standard InChI is InChI=1S/C21H19FN2O2/c1-14-6-5-7-15(2)20(14)23-21(26)17-10-11-19(25)24(13-17)12-16-8-3-4-9-18(16)22/h3-11,13H,12H2,1-2H3,(H,23,26). The third-order valence-electron chi connectivity index (χ3n) is 4.26. The molecule has 0 atom stereocenters. The van der Waals surface area contributed by atoms with Crippen LogP contribution in [0.15, 0.2) is 65.6 Å². The van der Waals surface area contributed by atoms with Crippen LogP contribution in [0.25, 0.3) is 0 Å². The van der Waals surface area contributed by atoms with E-state index in [1.807, 2.05) is 32.0 Å². The van der Waals surface area contributed by atoms with Gasteiger partial charge in [0.05, 0.1) is 12.1 Å². The average molecular weight is 350 g/mol. The first-order chi connectivity index (χ1) is 12.5. The highest BCUT2D eigenvalue weighted by Gasteiger charge is 2.12. The van der Waals surface area contributed by atoms with Crippen LogP contribution in [0, 0.1) is 19.7 Å². The third kappa shape index (κ3) is 3.72. The maximum Gasteiger partial charge on any atom is 0.257 e. The van der Waals surface area contributed by atoms with Crippen LogP contribution in [0.5, 0.6) is 0 Å². The molecule has 0 radical (unpaired) electrons. The maximum absolute atomic E-state index is 13.8. The summed E-state index contributed by atoms with van der Waals surface area (Å²) < 4.78 is 15.2. The Morgan fingerprint density at radius 1 is 1.00 bits per heavy atom. The fourth-order valence-corrected chi connectivity index (χ4v) is 2.80. The van der Waals surface area contributed by atoms with E-state index in [0.717, 1.165) is 16.8 Å². The predicted octanol–water partition coefficient (Wildman–Crippen LogP) is 3.90. The molecule has 1 aromatic heterocycles. The first-order valence-electron chi connectivity index (χ1n) is 8.27. The van der Waals surface area contributed by atoms with Crippen LogP contribution in [0.2, 0.25) is 0 Å². The Morgan fingerprint density at radius 3 is 2.38 bits per heavy atom. The number of benzene rings is 2. The van der Waals surface area contributed by atoms with Gasteiger partial charge >= 0.3 is 0 Å². The van der Waals surface area contributed by atoms with E-state index in [4.69, 9.17) is 0 Å². The Kier molecular flexibility index (Phi) is 4.98. The second-order valence-corrected chi connectivity index (χ2v) is 6.20. The minimum absolute atomic E-state index is 0.0655. The van der Waals surface area contributed by atoms with Crippen molar-refractivity contribution < 1.29 is 9.18 Å². The fourth-order valence-electron chi connectivity index (χ4n) is 2.80. The lowest BCUT2D eigenvalue weighted by Gasteiger charge is -2.13. The Bertz CT molecular complexity index is 1000. The molecule has 0 saturated carbocycles. The van der Waals surface area contributed by atoms with Crippen molar-refractivity contribution in [2.24, 2.45) is 0 Å². The Hall–Kier alpha value is -3.21. The molecule has 0 aliphatic heterocycles. The predicted molar refractivity (Wildman–Crippen MR) is 100 cm³/mol. The molecule has 1 amide bonds. The molecule has 0 unspecified atom stereocenters. The van der Waals surface area contributed by atoms with Crippen LogP contribution in [-0.2, 0) is 6.54 Å². The smallest absolute Gasteiger partial charge is 0.257 e. The molecule has 2 aromatic carbocycles. The zero-order valence-corrected chi connectivity index (χ0v) is 14.6. The van der Waals surface area contributed by atoms with Crippen molar-refractivity contribution in [3.8, 4) is 0 Å². The zero-order valence-electron chi connectivity index (χ0n) is 14.6. The summed E-state index contributed by atoms with van der Waals surface area (Å²) in [5.41, 5.74) is 3.10. The molecule has 0 spiro atoms. The number of aryl methyl sites for hydroxylation is 2. The van der Waals surface area contributed by atoms with Gasteiger partial charge in [0.1, 0.15) is 5.82 Å². The monoisotopic (exact) mass is 350 g/mol. The van der Waals surface area contributed by atoms with Crippen LogP contribution in [-0.4, -0.2) is 10.5 Å². The molecular formula is C21H19FN2O2. The second-order valence-electron chi connectivity index (χ2n) is 6.20. The van der Waals surface area contributed by atoms with E-state index in [1.165, 1.54) is 29.0 Å². The quantitative estimate of drug-likeness (QED) is 0.776. The van der Waals surface area contributed by atoms with Gasteiger partial charge in [-0.25, -0.2) is 4.39 Å². The van der Waals surface area contributed by atoms with Crippen molar-refractivity contribution in [1.82, 2.24) is 4.57 Å². The van der Waals surface area contributed by atoms with Gasteiger partial charge in [0.25, 0.3) is 11.5 Å². The van der Waals surface area contributed by atoms with E-state index in [2.05, 4.69) is 5.32 Å². The summed E-state index contributed by atoms with van der Waals surface area (Å²) in [6, 6.07) is 14.8. The number of pyridine rings is 1. The molecule has 0 aliphatic carbocycles. The van der Waals surface area contributed by atoms with Gasteiger partial charge in [0.2, 0.25) is 0 Å². The Labute approximate surface area is 150 Å². The van der Waals surface area contributed by atoms with Crippen molar-refractivity contribution in [2.45, 2.75) is 20.4 Å². The summed E-state index contributed by atoms with van der Waals surface area (Å²) in [6.45, 7) is 3.90. The molecule has 3 rings (SSSR count). The number of para-hydroxylation sites is 1. The average Bonchev–Trinajstić information content (AvgIpc) is 2.62. The molecule has 132 valence electrons. The SMILES string of the molecule is Cc1cccc(C)c1NC(=O)c1ccc(=O)n(Cc2ccccc2F)c1. The second kappa shape index (κ2) is 7.35. The molecule has 0 fully saturated rings. The summed E-state index contributed by atoms with van der Waals surface area (Å²) in [6.07, 6.45) is 1.46. The number of amides is 1. The van der Waals surface area contributed by atoms with Crippen molar-refractivity contribution in [1.29, 1.82) is 0 Å². The highest BCUT2D eigenvalue weighted by molar-refractivity contribution is 6.04. The summed E-state index contributed by atoms with van der Waals surface area (Å²) in [5.74, 6) is -0.700. The number of hydrogen-bond acceptors (Lipinski definition) is 2. The molecule has 1 heterocycles. The van der Waals surface area contributed by atoms with Gasteiger partial charge in [0.15, 0.2) is 0 Å². The van der Waals surface area contributed by atoms with Gasteiger partial charge in [-0.15, -0.1) is 0 Å². The van der Waals surface area contributed by atoms with Crippen molar-refractivity contribution in [3.05, 3.63) is 99.2 Å². The van der Waals surface area contributed by atoms with Crippen LogP contribution in [0.3, 0.4) is 0 Å². The lowest BCUT2D eigenvalue weighted by molar-refractivity contribution is 0.102. The number of aromatic nitrogens is 1. The number of rotatable bonds is 4. The highest BCUT2D eigenvalue weighted by Crippen LogP contribution is 2.20. The number of hydrogen-bond donors (Lipinski definition) is 1. The lowest BCUT2D eigenvalue weighted by atomic mass is 10.1. The van der Waals surface area contributed by atoms with Gasteiger partial charge in [-0.1, -0.05) is 36.4 Å². The molecule has 0 bridgehead atoms. The lowest BCUT2D eigenvalue weighted by Crippen LogP contribution is -2.23. The van der Waals surface area contributed by atoms with Gasteiger partial charge in [-0.2, -0.15) is 0 Å². The number of carbonyl (C=O) groups excluding carboxylic acids is 1. The topological polar surface area (TPSA) is 51.1 Å².